The third-order valence-corrected chi connectivity index (χ3v) is 12.3. The van der Waals surface area contributed by atoms with Crippen LogP contribution in [0.5, 0.6) is 0 Å². The van der Waals surface area contributed by atoms with Crippen LogP contribution in [0.1, 0.15) is 57.4 Å². The summed E-state index contributed by atoms with van der Waals surface area (Å²) in [5, 5.41) is 16.1. The molecule has 0 aliphatic rings. The molecule has 0 saturated carbocycles. The summed E-state index contributed by atoms with van der Waals surface area (Å²) in [6.07, 6.45) is 7.29. The normalized spacial score (nSPS) is 13.3. The van der Waals surface area contributed by atoms with Crippen LogP contribution in [0.3, 0.4) is 0 Å². The molecule has 30 heteroatoms. The van der Waals surface area contributed by atoms with Crippen molar-refractivity contribution in [2.45, 2.75) is 45.4 Å². The maximum atomic E-state index is 9.87. The van der Waals surface area contributed by atoms with Gasteiger partial charge in [0.15, 0.2) is 0 Å². The summed E-state index contributed by atoms with van der Waals surface area (Å²) >= 11 is 0. The number of nitriles is 1. The van der Waals surface area contributed by atoms with Crippen molar-refractivity contribution in [3.05, 3.63) is 193 Å². The summed E-state index contributed by atoms with van der Waals surface area (Å²) in [7, 11) is -26.5. The van der Waals surface area contributed by atoms with Gasteiger partial charge in [0, 0.05) is 96.0 Å². The Morgan fingerprint density at radius 1 is 0.360 bits per heavy atom. The van der Waals surface area contributed by atoms with E-state index in [-0.39, 0.29) is 45.0 Å². The molecular formula is C56H43F12Fe2N9O4P2S. The zero-order chi connectivity index (χ0) is 62.0. The number of benzene rings is 4. The first-order valence-electron chi connectivity index (χ1n) is 24.2. The maximum Gasteiger partial charge on any atom is 2.00 e. The number of hydrogen-bond donors (Lipinski definition) is 0. The molecule has 8 aromatic heterocycles. The molecule has 0 aliphatic heterocycles. The van der Waals surface area contributed by atoms with E-state index >= 15 is 0 Å². The molecule has 12 aromatic rings. The van der Waals surface area contributed by atoms with E-state index in [4.69, 9.17) is 42.7 Å². The number of rotatable bonds is 4. The van der Waals surface area contributed by atoms with Crippen LogP contribution < -0.4 is 0 Å². The summed E-state index contributed by atoms with van der Waals surface area (Å²) in [5.41, 5.74) is 10.6. The number of fused-ring (bicyclic) bond motifs is 12. The first-order valence-corrected chi connectivity index (χ1v) is 29.6. The summed E-state index contributed by atoms with van der Waals surface area (Å²) in [5.74, 6) is 0. The van der Waals surface area contributed by atoms with Gasteiger partial charge in [-0.25, -0.2) is 19.9 Å². The quantitative estimate of drug-likeness (QED) is 0.0402. The van der Waals surface area contributed by atoms with Gasteiger partial charge in [0.05, 0.1) is 73.0 Å². The molecule has 0 amide bonds. The third kappa shape index (κ3) is 19.8. The van der Waals surface area contributed by atoms with Gasteiger partial charge in [-0.05, 0) is 76.2 Å². The van der Waals surface area contributed by atoms with E-state index in [1.165, 1.54) is 6.92 Å². The van der Waals surface area contributed by atoms with Crippen LogP contribution in [0, 0.1) is 11.3 Å². The minimum atomic E-state index is -10.7. The summed E-state index contributed by atoms with van der Waals surface area (Å²) in [6.45, 7) is 10.1. The average Bonchev–Trinajstić information content (AvgIpc) is 1.26. The Kier molecular flexibility index (Phi) is 19.4. The minimum absolute atomic E-state index is 0. The molecule has 12 rings (SSSR count). The fourth-order valence-electron chi connectivity index (χ4n) is 8.55. The van der Waals surface area contributed by atoms with Gasteiger partial charge < -0.3 is 9.11 Å². The van der Waals surface area contributed by atoms with Gasteiger partial charge in [0.1, 0.15) is 0 Å². The molecule has 452 valence electrons. The van der Waals surface area contributed by atoms with Crippen LogP contribution in [0.25, 0.3) is 87.2 Å². The standard InChI is InChI=1S/2C27H20N4.C2H3N.2F6P.2Fe.H2O4S/c2*1-27(2,21-13-11-19-9-7-17-5-3-15-28-23(17)25(19)30-21)22-14-12-20-10-8-18-6-4-16-29-24(18)26(20)31-22;1-2-3;2*1-7(2,3,4,5)6;;;1-5(2,3)4/h2*3-16H,1-2H3;1H3;;;;;(H2,1,2,3,4)/q;;;2*-1;2*+2;/p-2. The van der Waals surface area contributed by atoms with E-state index in [1.54, 1.807) is 6.07 Å². The minimum Gasteiger partial charge on any atom is -0.759 e. The zero-order valence-corrected chi connectivity index (χ0v) is 49.7. The Labute approximate surface area is 502 Å². The monoisotopic (exact) mass is 1340 g/mol. The maximum absolute atomic E-state index is 10.7. The van der Waals surface area contributed by atoms with E-state index in [0.29, 0.717) is 0 Å². The first-order chi connectivity index (χ1) is 38.5. The van der Waals surface area contributed by atoms with Crippen LogP contribution in [-0.2, 0) is 55.4 Å². The Balaban J connectivity index is 0.000000230. The van der Waals surface area contributed by atoms with Crippen molar-refractivity contribution in [3.63, 3.8) is 0 Å². The van der Waals surface area contributed by atoms with Crippen LogP contribution in [0.2, 0.25) is 0 Å². The largest absolute Gasteiger partial charge is 2.00 e. The van der Waals surface area contributed by atoms with Gasteiger partial charge in [-0.2, -0.15) is 5.26 Å². The summed E-state index contributed by atoms with van der Waals surface area (Å²) in [6, 6.07) is 51.6. The molecule has 0 aliphatic carbocycles. The van der Waals surface area contributed by atoms with E-state index in [0.717, 1.165) is 110 Å². The van der Waals surface area contributed by atoms with Crippen molar-refractivity contribution in [2.75, 3.05) is 0 Å². The van der Waals surface area contributed by atoms with Gasteiger partial charge in [-0.3, -0.25) is 28.4 Å². The van der Waals surface area contributed by atoms with Gasteiger partial charge in [-0.15, -0.1) is 0 Å². The zero-order valence-electron chi connectivity index (χ0n) is 44.9. The molecule has 0 fully saturated rings. The Hall–Kier alpha value is -7.42. The number of aromatic nitrogens is 8. The van der Waals surface area contributed by atoms with Gasteiger partial charge >= 0.3 is 100 Å². The van der Waals surface area contributed by atoms with Crippen molar-refractivity contribution in [1.82, 2.24) is 39.9 Å². The molecule has 4 aromatic carbocycles. The molecule has 0 radical (unpaired) electrons. The van der Waals surface area contributed by atoms with Crippen LogP contribution in [0.15, 0.2) is 170 Å². The predicted octanol–water partition coefficient (Wildman–Crippen LogP) is 18.4. The van der Waals surface area contributed by atoms with Gasteiger partial charge in [0.2, 0.25) is 0 Å². The summed E-state index contributed by atoms with van der Waals surface area (Å²) < 4.78 is 152. The van der Waals surface area contributed by atoms with Crippen LogP contribution >= 0.6 is 15.6 Å². The van der Waals surface area contributed by atoms with Crippen molar-refractivity contribution in [2.24, 2.45) is 0 Å². The van der Waals surface area contributed by atoms with E-state index < -0.39 is 26.0 Å². The Morgan fingerprint density at radius 2 is 0.500 bits per heavy atom. The van der Waals surface area contributed by atoms with Crippen molar-refractivity contribution in [1.29, 1.82) is 5.26 Å². The van der Waals surface area contributed by atoms with E-state index in [9.17, 15) is 50.4 Å². The molecular weight excluding hydrogens is 1300 g/mol. The number of halogens is 12. The molecule has 0 N–H and O–H groups in total. The fourth-order valence-corrected chi connectivity index (χ4v) is 8.55. The van der Waals surface area contributed by atoms with Crippen LogP contribution in [-0.4, -0.2) is 57.4 Å². The van der Waals surface area contributed by atoms with Crippen molar-refractivity contribution < 1.29 is 102 Å². The molecule has 0 unspecified atom stereocenters. The first kappa shape index (κ1) is 69.4. The smallest absolute Gasteiger partial charge is 0.759 e. The third-order valence-electron chi connectivity index (χ3n) is 12.3. The number of hydrogen-bond acceptors (Lipinski definition) is 13. The Morgan fingerprint density at radius 3 is 0.663 bits per heavy atom. The Bertz CT molecular complexity index is 4130. The van der Waals surface area contributed by atoms with E-state index in [2.05, 4.69) is 169 Å². The van der Waals surface area contributed by atoms with Crippen LogP contribution in [0.4, 0.5) is 50.4 Å². The molecule has 86 heavy (non-hydrogen) atoms. The molecule has 0 atom stereocenters. The number of nitrogens with zero attached hydrogens (tertiary/aromatic N) is 9. The summed E-state index contributed by atoms with van der Waals surface area (Å²) in [4.78, 5) is 38.7. The molecule has 13 nitrogen and oxygen atoms in total. The molecule has 0 saturated heterocycles. The second-order valence-electron chi connectivity index (χ2n) is 19.4. The predicted molar refractivity (Wildman–Crippen MR) is 301 cm³/mol. The van der Waals surface area contributed by atoms with Gasteiger partial charge in [0.25, 0.3) is 0 Å². The fraction of sp³-hybridized carbons (Fsp3) is 0.125. The second-order valence-corrected chi connectivity index (χ2v) is 24.1. The van der Waals surface area contributed by atoms with Crippen molar-refractivity contribution in [3.8, 4) is 6.07 Å². The second kappa shape index (κ2) is 24.0. The van der Waals surface area contributed by atoms with Crippen molar-refractivity contribution >= 4 is 113 Å². The SMILES string of the molecule is CC#N.CC(C)(c1ccc2ccc3cccnc3c2n1)c1ccc2ccc3cccnc3c2n1.CC(C)(c1ccc2ccc3cccnc3c2n1)c1ccc2ccc3cccnc3c2n1.F[P-](F)(F)(F)(F)F.F[P-](F)(F)(F)(F)F.O=S(=O)([O-])[O-].[Fe+2].[Fe+2]. The van der Waals surface area contributed by atoms with E-state index in [1.807, 2.05) is 49.1 Å². The molecule has 0 spiro atoms. The van der Waals surface area contributed by atoms with Gasteiger partial charge in [-0.1, -0.05) is 97.1 Å². The average molecular weight is 1340 g/mol. The number of pyridine rings is 8. The topological polar surface area (TPSA) is 207 Å². The molecule has 0 bridgehead atoms. The molecule has 8 heterocycles.